The number of aromatic nitrogens is 1. The van der Waals surface area contributed by atoms with Crippen LogP contribution in [0.3, 0.4) is 0 Å². The Hall–Kier alpha value is -2.56. The summed E-state index contributed by atoms with van der Waals surface area (Å²) in [6, 6.07) is 7.38. The van der Waals surface area contributed by atoms with E-state index in [-0.39, 0.29) is 17.2 Å². The van der Waals surface area contributed by atoms with Crippen molar-refractivity contribution in [3.05, 3.63) is 41.0 Å². The van der Waals surface area contributed by atoms with Gasteiger partial charge >= 0.3 is 5.97 Å². The summed E-state index contributed by atoms with van der Waals surface area (Å²) in [6.45, 7) is 0. The number of fused-ring (bicyclic) bond motifs is 1. The molecule has 1 aromatic carbocycles. The highest BCUT2D eigenvalue weighted by Gasteiger charge is 2.20. The number of aryl methyl sites for hydroxylation is 2. The Labute approximate surface area is 128 Å². The summed E-state index contributed by atoms with van der Waals surface area (Å²) < 4.78 is 9.82. The van der Waals surface area contributed by atoms with Crippen molar-refractivity contribution >= 4 is 5.97 Å². The normalized spacial score (nSPS) is 12.8. The molecule has 114 valence electrons. The van der Waals surface area contributed by atoms with Gasteiger partial charge in [-0.25, -0.2) is 9.78 Å². The topological polar surface area (TPSA) is 68.7 Å². The minimum atomic E-state index is -0.597. The molecule has 1 N–H and O–H groups in total. The van der Waals surface area contributed by atoms with Crippen molar-refractivity contribution in [2.45, 2.75) is 19.3 Å². The van der Waals surface area contributed by atoms with Crippen LogP contribution in [0.15, 0.2) is 24.3 Å². The second-order valence-corrected chi connectivity index (χ2v) is 5.24. The maximum Gasteiger partial charge on any atom is 0.343 e. The number of benzene rings is 1. The minimum absolute atomic E-state index is 0.0702. The van der Waals surface area contributed by atoms with E-state index >= 15 is 0 Å². The Bertz CT molecular complexity index is 740. The van der Waals surface area contributed by atoms with E-state index in [0.717, 1.165) is 24.8 Å². The zero-order valence-corrected chi connectivity index (χ0v) is 12.5. The van der Waals surface area contributed by atoms with Crippen LogP contribution in [0, 0.1) is 0 Å². The van der Waals surface area contributed by atoms with E-state index in [4.69, 9.17) is 4.74 Å². The Balaban J connectivity index is 2.09. The molecular formula is C17H17NO4. The summed E-state index contributed by atoms with van der Waals surface area (Å²) in [5.74, 6) is -0.528. The van der Waals surface area contributed by atoms with Crippen LogP contribution in [-0.2, 0) is 17.6 Å². The van der Waals surface area contributed by atoms with Crippen LogP contribution in [0.1, 0.15) is 27.9 Å². The lowest BCUT2D eigenvalue weighted by molar-refractivity contribution is 0.0595. The molecule has 2 aromatic rings. The third kappa shape index (κ3) is 2.39. The van der Waals surface area contributed by atoms with E-state index < -0.39 is 5.97 Å². The van der Waals surface area contributed by atoms with Crippen LogP contribution in [0.2, 0.25) is 0 Å². The standard InChI is InChI=1S/C17H17NO4/c1-21-16-13(17(20)22-2)9-14(19)15(18-16)12-7-6-10-4-3-5-11(10)8-12/h6-9,19H,3-5H2,1-2H3. The summed E-state index contributed by atoms with van der Waals surface area (Å²) >= 11 is 0. The highest BCUT2D eigenvalue weighted by Crippen LogP contribution is 2.34. The molecule has 1 aromatic heterocycles. The van der Waals surface area contributed by atoms with Crippen LogP contribution < -0.4 is 4.74 Å². The van der Waals surface area contributed by atoms with Gasteiger partial charge in [-0.3, -0.25) is 0 Å². The van der Waals surface area contributed by atoms with Gasteiger partial charge in [-0.2, -0.15) is 0 Å². The highest BCUT2D eigenvalue weighted by molar-refractivity contribution is 5.93. The molecule has 1 aliphatic carbocycles. The first-order valence-corrected chi connectivity index (χ1v) is 7.12. The Morgan fingerprint density at radius 1 is 1.18 bits per heavy atom. The van der Waals surface area contributed by atoms with Crippen LogP contribution in [0.5, 0.6) is 11.6 Å². The van der Waals surface area contributed by atoms with Crippen LogP contribution in [-0.4, -0.2) is 30.3 Å². The maximum atomic E-state index is 11.7. The van der Waals surface area contributed by atoms with Crippen molar-refractivity contribution in [3.8, 4) is 22.9 Å². The molecule has 0 atom stereocenters. The first-order chi connectivity index (χ1) is 10.6. The monoisotopic (exact) mass is 299 g/mol. The largest absolute Gasteiger partial charge is 0.506 e. The summed E-state index contributed by atoms with van der Waals surface area (Å²) in [5.41, 5.74) is 3.95. The third-order valence-corrected chi connectivity index (χ3v) is 3.94. The number of aromatic hydroxyl groups is 1. The van der Waals surface area contributed by atoms with Gasteiger partial charge in [-0.05, 0) is 36.5 Å². The number of carbonyl (C=O) groups excluding carboxylic acids is 1. The number of hydrogen-bond donors (Lipinski definition) is 1. The Kier molecular flexibility index (Phi) is 3.71. The lowest BCUT2D eigenvalue weighted by Gasteiger charge is -2.11. The summed E-state index contributed by atoms with van der Waals surface area (Å²) in [4.78, 5) is 16.0. The van der Waals surface area contributed by atoms with Crippen LogP contribution in [0.25, 0.3) is 11.3 Å². The van der Waals surface area contributed by atoms with E-state index in [9.17, 15) is 9.90 Å². The number of rotatable bonds is 3. The minimum Gasteiger partial charge on any atom is -0.506 e. The second kappa shape index (κ2) is 5.67. The number of esters is 1. The van der Waals surface area contributed by atoms with Crippen molar-refractivity contribution in [2.24, 2.45) is 0 Å². The van der Waals surface area contributed by atoms with Gasteiger partial charge in [0.25, 0.3) is 0 Å². The Morgan fingerprint density at radius 3 is 2.68 bits per heavy atom. The predicted octanol–water partition coefficient (Wildman–Crippen LogP) is 2.74. The molecule has 0 amide bonds. The molecule has 0 aliphatic heterocycles. The van der Waals surface area contributed by atoms with Crippen molar-refractivity contribution in [1.29, 1.82) is 0 Å². The number of ether oxygens (including phenoxy) is 2. The molecule has 0 fully saturated rings. The van der Waals surface area contributed by atoms with E-state index in [1.807, 2.05) is 12.1 Å². The molecule has 0 saturated carbocycles. The van der Waals surface area contributed by atoms with E-state index in [0.29, 0.717) is 5.69 Å². The van der Waals surface area contributed by atoms with E-state index in [1.54, 1.807) is 0 Å². The number of nitrogens with zero attached hydrogens (tertiary/aromatic N) is 1. The summed E-state index contributed by atoms with van der Waals surface area (Å²) in [7, 11) is 2.70. The molecule has 5 heteroatoms. The average Bonchev–Trinajstić information content (AvgIpc) is 3.01. The molecule has 5 nitrogen and oxygen atoms in total. The van der Waals surface area contributed by atoms with E-state index in [1.165, 1.54) is 31.4 Å². The van der Waals surface area contributed by atoms with Crippen molar-refractivity contribution in [2.75, 3.05) is 14.2 Å². The van der Waals surface area contributed by atoms with Gasteiger partial charge in [0.15, 0.2) is 0 Å². The van der Waals surface area contributed by atoms with Crippen LogP contribution >= 0.6 is 0 Å². The number of pyridine rings is 1. The molecular weight excluding hydrogens is 282 g/mol. The SMILES string of the molecule is COC(=O)c1cc(O)c(-c2ccc3c(c2)CCC3)nc1OC. The zero-order valence-electron chi connectivity index (χ0n) is 12.5. The summed E-state index contributed by atoms with van der Waals surface area (Å²) in [5, 5.41) is 10.2. The molecule has 0 unspecified atom stereocenters. The van der Waals surface area contributed by atoms with Gasteiger partial charge in [0, 0.05) is 11.6 Å². The molecule has 0 bridgehead atoms. The summed E-state index contributed by atoms with van der Waals surface area (Å²) in [6.07, 6.45) is 3.30. The lowest BCUT2D eigenvalue weighted by atomic mass is 10.0. The second-order valence-electron chi connectivity index (χ2n) is 5.24. The fraction of sp³-hybridized carbons (Fsp3) is 0.294. The van der Waals surface area contributed by atoms with Crippen LogP contribution in [0.4, 0.5) is 0 Å². The fourth-order valence-electron chi connectivity index (χ4n) is 2.83. The molecule has 3 rings (SSSR count). The smallest absolute Gasteiger partial charge is 0.343 e. The van der Waals surface area contributed by atoms with Gasteiger partial charge in [0.2, 0.25) is 5.88 Å². The molecule has 1 heterocycles. The van der Waals surface area contributed by atoms with Crippen molar-refractivity contribution in [3.63, 3.8) is 0 Å². The average molecular weight is 299 g/mol. The quantitative estimate of drug-likeness (QED) is 0.883. The van der Waals surface area contributed by atoms with Crippen molar-refractivity contribution < 1.29 is 19.4 Å². The van der Waals surface area contributed by atoms with Crippen molar-refractivity contribution in [1.82, 2.24) is 4.98 Å². The molecule has 0 radical (unpaired) electrons. The number of hydrogen-bond acceptors (Lipinski definition) is 5. The Morgan fingerprint density at radius 2 is 1.95 bits per heavy atom. The zero-order chi connectivity index (χ0) is 15.7. The van der Waals surface area contributed by atoms with Gasteiger partial charge < -0.3 is 14.6 Å². The maximum absolute atomic E-state index is 11.7. The molecule has 0 saturated heterocycles. The predicted molar refractivity (Wildman–Crippen MR) is 81.3 cm³/mol. The third-order valence-electron chi connectivity index (χ3n) is 3.94. The van der Waals surface area contributed by atoms with Gasteiger partial charge in [0.1, 0.15) is 17.0 Å². The number of carbonyl (C=O) groups is 1. The fourth-order valence-corrected chi connectivity index (χ4v) is 2.83. The molecule has 0 spiro atoms. The van der Waals surface area contributed by atoms with Gasteiger partial charge in [-0.15, -0.1) is 0 Å². The number of methoxy groups -OCH3 is 2. The van der Waals surface area contributed by atoms with Gasteiger partial charge in [-0.1, -0.05) is 12.1 Å². The molecule has 1 aliphatic rings. The van der Waals surface area contributed by atoms with Gasteiger partial charge in [0.05, 0.1) is 14.2 Å². The highest BCUT2D eigenvalue weighted by atomic mass is 16.5. The lowest BCUT2D eigenvalue weighted by Crippen LogP contribution is -2.06. The first-order valence-electron chi connectivity index (χ1n) is 7.12. The molecule has 22 heavy (non-hydrogen) atoms. The first kappa shape index (κ1) is 14.4. The van der Waals surface area contributed by atoms with E-state index in [2.05, 4.69) is 15.8 Å².